The predicted molar refractivity (Wildman–Crippen MR) is 134 cm³/mol. The molecular formula is C27H40N4O3. The fourth-order valence-electron chi connectivity index (χ4n) is 5.53. The number of benzene rings is 1. The predicted octanol–water partition coefficient (Wildman–Crippen LogP) is 2.77. The van der Waals surface area contributed by atoms with Crippen LogP contribution in [0.4, 0.5) is 0 Å². The van der Waals surface area contributed by atoms with Crippen LogP contribution in [0.2, 0.25) is 0 Å². The Labute approximate surface area is 203 Å². The molecule has 5 rings (SSSR count). The highest BCUT2D eigenvalue weighted by Gasteiger charge is 2.27. The van der Waals surface area contributed by atoms with Gasteiger partial charge in [0.05, 0.1) is 11.6 Å². The van der Waals surface area contributed by atoms with Crippen LogP contribution < -0.4 is 10.2 Å². The molecule has 2 N–H and O–H groups in total. The minimum absolute atomic E-state index is 0.0379. The van der Waals surface area contributed by atoms with E-state index >= 15 is 0 Å². The molecule has 2 aliphatic heterocycles. The minimum Gasteiger partial charge on any atom is -0.413 e. The third-order valence-electron chi connectivity index (χ3n) is 8.16. The number of aliphatic hydroxyl groups excluding tert-OH is 1. The highest BCUT2D eigenvalue weighted by molar-refractivity contribution is 5.98. The number of rotatable bonds is 8. The molecule has 0 spiro atoms. The summed E-state index contributed by atoms with van der Waals surface area (Å²) in [6, 6.07) is 10.2. The number of hydrogen-bond donors (Lipinski definition) is 2. The molecule has 1 aliphatic carbocycles. The first kappa shape index (κ1) is 23.6. The summed E-state index contributed by atoms with van der Waals surface area (Å²) in [5.41, 5.74) is 1.56. The lowest BCUT2D eigenvalue weighted by atomic mass is 9.86. The minimum atomic E-state index is -0.141. The number of hydrogen-bond acceptors (Lipinski definition) is 5. The van der Waals surface area contributed by atoms with E-state index in [0.717, 1.165) is 69.4 Å². The Balaban J connectivity index is 1.13. The molecule has 7 heteroatoms. The molecule has 1 saturated carbocycles. The maximum Gasteiger partial charge on any atom is 0.271 e. The zero-order valence-corrected chi connectivity index (χ0v) is 20.5. The number of fused-ring (bicyclic) bond motifs is 1. The number of nitrogens with one attached hydrogen (secondary N) is 1. The highest BCUT2D eigenvalue weighted by atomic mass is 16.7. The van der Waals surface area contributed by atoms with Gasteiger partial charge in [0.2, 0.25) is 0 Å². The molecule has 2 atom stereocenters. The summed E-state index contributed by atoms with van der Waals surface area (Å²) in [5, 5.41) is 14.3. The van der Waals surface area contributed by atoms with E-state index in [2.05, 4.69) is 22.0 Å². The van der Waals surface area contributed by atoms with E-state index in [9.17, 15) is 9.90 Å². The van der Waals surface area contributed by atoms with E-state index < -0.39 is 0 Å². The zero-order chi connectivity index (χ0) is 23.5. The molecule has 3 heterocycles. The van der Waals surface area contributed by atoms with E-state index in [1.54, 1.807) is 4.73 Å². The van der Waals surface area contributed by atoms with Gasteiger partial charge in [-0.05, 0) is 56.1 Å². The lowest BCUT2D eigenvalue weighted by molar-refractivity contribution is 0.0300. The maximum atomic E-state index is 13.2. The number of amides is 1. The Morgan fingerprint density at radius 1 is 1.06 bits per heavy atom. The third-order valence-corrected chi connectivity index (χ3v) is 8.16. The highest BCUT2D eigenvalue weighted by Crippen LogP contribution is 2.27. The molecule has 7 nitrogen and oxygen atoms in total. The molecule has 0 bridgehead atoms. The van der Waals surface area contributed by atoms with Gasteiger partial charge in [-0.1, -0.05) is 31.5 Å². The van der Waals surface area contributed by atoms with Gasteiger partial charge in [0.1, 0.15) is 12.3 Å². The van der Waals surface area contributed by atoms with Gasteiger partial charge in [-0.15, -0.1) is 0 Å². The first-order valence-electron chi connectivity index (χ1n) is 13.2. The quantitative estimate of drug-likeness (QED) is 0.624. The van der Waals surface area contributed by atoms with E-state index in [4.69, 9.17) is 4.84 Å². The third kappa shape index (κ3) is 5.42. The largest absolute Gasteiger partial charge is 0.413 e. The number of likely N-dealkylation sites (tertiary alicyclic amines) is 2. The number of aromatic nitrogens is 1. The molecule has 2 aromatic rings. The van der Waals surface area contributed by atoms with Crippen LogP contribution in [0.5, 0.6) is 0 Å². The molecule has 0 unspecified atom stereocenters. The van der Waals surface area contributed by atoms with Gasteiger partial charge in [-0.2, -0.15) is 4.73 Å². The van der Waals surface area contributed by atoms with E-state index in [0.29, 0.717) is 24.1 Å². The molecule has 3 fully saturated rings. The average molecular weight is 469 g/mol. The summed E-state index contributed by atoms with van der Waals surface area (Å²) in [6.45, 7) is 8.95. The van der Waals surface area contributed by atoms with Crippen molar-refractivity contribution in [2.24, 2.45) is 11.8 Å². The van der Waals surface area contributed by atoms with Crippen molar-refractivity contribution < 1.29 is 14.7 Å². The Bertz CT molecular complexity index is 964. The lowest BCUT2D eigenvalue weighted by Crippen LogP contribution is -2.48. The number of carbonyl (C=O) groups is 1. The Morgan fingerprint density at radius 2 is 1.79 bits per heavy atom. The van der Waals surface area contributed by atoms with Gasteiger partial charge in [-0.3, -0.25) is 4.79 Å². The second-order valence-electron chi connectivity index (χ2n) is 10.7. The standard InChI is InChI=1S/C27H40N4O3/c1-20-18-30(14-11-26(20)32)16-15-29-12-9-23(10-13-29)28-27(33)25-17-22-7-2-3-8-24(22)31(25)34-19-21-5-4-6-21/h2-3,7-8,17,20-21,23,26,32H,4-6,9-16,18-19H2,1H3,(H,28,33)/t20-,26-/m0/s1. The van der Waals surface area contributed by atoms with E-state index in [-0.39, 0.29) is 18.1 Å². The van der Waals surface area contributed by atoms with Gasteiger partial charge in [-0.25, -0.2) is 0 Å². The summed E-state index contributed by atoms with van der Waals surface area (Å²) in [4.78, 5) is 24.4. The Kier molecular flexibility index (Phi) is 7.42. The zero-order valence-electron chi connectivity index (χ0n) is 20.5. The van der Waals surface area contributed by atoms with Gasteiger partial charge < -0.3 is 25.1 Å². The van der Waals surface area contributed by atoms with Crippen LogP contribution in [0.3, 0.4) is 0 Å². The van der Waals surface area contributed by atoms with Crippen molar-refractivity contribution in [3.63, 3.8) is 0 Å². The van der Waals surface area contributed by atoms with E-state index in [1.807, 2.05) is 30.3 Å². The average Bonchev–Trinajstić information content (AvgIpc) is 3.19. The summed E-state index contributed by atoms with van der Waals surface area (Å²) in [5.74, 6) is 0.937. The second-order valence-corrected chi connectivity index (χ2v) is 10.7. The molecule has 1 aromatic heterocycles. The number of carbonyl (C=O) groups excluding carboxylic acids is 1. The molecule has 1 amide bonds. The Morgan fingerprint density at radius 3 is 2.53 bits per heavy atom. The molecular weight excluding hydrogens is 428 g/mol. The summed E-state index contributed by atoms with van der Waals surface area (Å²) in [6.07, 6.45) is 6.42. The van der Waals surface area contributed by atoms with Crippen molar-refractivity contribution in [1.29, 1.82) is 0 Å². The molecule has 0 radical (unpaired) electrons. The first-order chi connectivity index (χ1) is 16.6. The lowest BCUT2D eigenvalue weighted by Gasteiger charge is -2.37. The van der Waals surface area contributed by atoms with Crippen molar-refractivity contribution >= 4 is 16.8 Å². The number of para-hydroxylation sites is 1. The van der Waals surface area contributed by atoms with Crippen molar-refractivity contribution in [1.82, 2.24) is 19.8 Å². The first-order valence-corrected chi connectivity index (χ1v) is 13.2. The molecule has 1 aromatic carbocycles. The molecule has 34 heavy (non-hydrogen) atoms. The van der Waals surface area contributed by atoms with Gasteiger partial charge in [0.15, 0.2) is 0 Å². The Hall–Kier alpha value is -2.09. The maximum absolute atomic E-state index is 13.2. The summed E-state index contributed by atoms with van der Waals surface area (Å²) in [7, 11) is 0. The van der Waals surface area contributed by atoms with Crippen LogP contribution in [0, 0.1) is 11.8 Å². The van der Waals surface area contributed by atoms with Crippen molar-refractivity contribution in [3.05, 3.63) is 36.0 Å². The number of aliphatic hydroxyl groups is 1. The van der Waals surface area contributed by atoms with Crippen LogP contribution in [-0.2, 0) is 0 Å². The smallest absolute Gasteiger partial charge is 0.271 e. The summed E-state index contributed by atoms with van der Waals surface area (Å²) >= 11 is 0. The number of piperidine rings is 2. The van der Waals surface area contributed by atoms with Crippen LogP contribution in [0.1, 0.15) is 55.9 Å². The van der Waals surface area contributed by atoms with Crippen molar-refractivity contribution in [2.75, 3.05) is 45.9 Å². The topological polar surface area (TPSA) is 70.0 Å². The molecule has 3 aliphatic rings. The van der Waals surface area contributed by atoms with Crippen LogP contribution in [0.25, 0.3) is 10.9 Å². The molecule has 186 valence electrons. The number of nitrogens with zero attached hydrogens (tertiary/aromatic N) is 3. The van der Waals surface area contributed by atoms with Crippen molar-refractivity contribution in [3.8, 4) is 0 Å². The van der Waals surface area contributed by atoms with Gasteiger partial charge >= 0.3 is 0 Å². The fraction of sp³-hybridized carbons (Fsp3) is 0.667. The van der Waals surface area contributed by atoms with E-state index in [1.165, 1.54) is 19.3 Å². The van der Waals surface area contributed by atoms with Crippen LogP contribution >= 0.6 is 0 Å². The fourth-order valence-corrected chi connectivity index (χ4v) is 5.53. The van der Waals surface area contributed by atoms with Gasteiger partial charge in [0, 0.05) is 50.7 Å². The van der Waals surface area contributed by atoms with Gasteiger partial charge in [0.25, 0.3) is 5.91 Å². The molecule has 2 saturated heterocycles. The second kappa shape index (κ2) is 10.7. The monoisotopic (exact) mass is 468 g/mol. The normalized spacial score (nSPS) is 25.4. The van der Waals surface area contributed by atoms with Crippen LogP contribution in [-0.4, -0.2) is 83.6 Å². The SMILES string of the molecule is C[C@H]1CN(CCN2CCC(NC(=O)c3cc4ccccc4n3OCC3CCC3)CC2)CC[C@@H]1O. The van der Waals surface area contributed by atoms with Crippen molar-refractivity contribution in [2.45, 2.75) is 57.6 Å². The summed E-state index contributed by atoms with van der Waals surface area (Å²) < 4.78 is 1.76. The van der Waals surface area contributed by atoms with Crippen LogP contribution in [0.15, 0.2) is 30.3 Å².